The third-order valence-corrected chi connectivity index (χ3v) is 2.49. The van der Waals surface area contributed by atoms with Gasteiger partial charge in [-0.1, -0.05) is 11.6 Å². The molecule has 0 aliphatic rings. The SMILES string of the molecule is N[C@H](c1cc(Cl)cc(C(F)(F)F)c1)C(F)(F)CO. The van der Waals surface area contributed by atoms with E-state index >= 15 is 0 Å². The van der Waals surface area contributed by atoms with Gasteiger partial charge >= 0.3 is 6.18 Å². The van der Waals surface area contributed by atoms with Crippen LogP contribution in [-0.4, -0.2) is 17.6 Å². The van der Waals surface area contributed by atoms with Gasteiger partial charge in [0.15, 0.2) is 0 Å². The minimum absolute atomic E-state index is 0.357. The number of hydrogen-bond donors (Lipinski definition) is 2. The number of aliphatic hydroxyl groups excluding tert-OH is 1. The molecule has 1 aromatic carbocycles. The first kappa shape index (κ1) is 15.1. The Morgan fingerprint density at radius 1 is 1.17 bits per heavy atom. The molecule has 0 aliphatic carbocycles. The zero-order valence-corrected chi connectivity index (χ0v) is 9.56. The van der Waals surface area contributed by atoms with E-state index in [0.29, 0.717) is 12.1 Å². The van der Waals surface area contributed by atoms with Crippen molar-refractivity contribution in [3.63, 3.8) is 0 Å². The topological polar surface area (TPSA) is 46.2 Å². The highest BCUT2D eigenvalue weighted by Crippen LogP contribution is 2.36. The third-order valence-electron chi connectivity index (χ3n) is 2.27. The van der Waals surface area contributed by atoms with Gasteiger partial charge in [-0.05, 0) is 23.8 Å². The Morgan fingerprint density at radius 2 is 1.72 bits per heavy atom. The van der Waals surface area contributed by atoms with Crippen LogP contribution in [0, 0.1) is 0 Å². The van der Waals surface area contributed by atoms with Crippen LogP contribution in [-0.2, 0) is 6.18 Å². The van der Waals surface area contributed by atoms with E-state index in [1.165, 1.54) is 0 Å². The monoisotopic (exact) mass is 289 g/mol. The molecule has 0 fully saturated rings. The van der Waals surface area contributed by atoms with E-state index in [4.69, 9.17) is 22.4 Å². The fourth-order valence-corrected chi connectivity index (χ4v) is 1.54. The van der Waals surface area contributed by atoms with Crippen molar-refractivity contribution in [2.75, 3.05) is 6.61 Å². The van der Waals surface area contributed by atoms with E-state index in [-0.39, 0.29) is 5.02 Å². The largest absolute Gasteiger partial charge is 0.416 e. The van der Waals surface area contributed by atoms with Crippen LogP contribution < -0.4 is 5.73 Å². The summed E-state index contributed by atoms with van der Waals surface area (Å²) in [6.45, 7) is -1.57. The van der Waals surface area contributed by atoms with Crippen LogP contribution in [0.5, 0.6) is 0 Å². The van der Waals surface area contributed by atoms with Gasteiger partial charge in [0.05, 0.1) is 11.6 Å². The first-order chi connectivity index (χ1) is 8.08. The summed E-state index contributed by atoms with van der Waals surface area (Å²) >= 11 is 5.43. The highest BCUT2D eigenvalue weighted by molar-refractivity contribution is 6.30. The molecule has 1 aromatic rings. The van der Waals surface area contributed by atoms with Gasteiger partial charge in [0.1, 0.15) is 6.61 Å². The molecular weight excluding hydrogens is 281 g/mol. The first-order valence-corrected chi connectivity index (χ1v) is 5.07. The second-order valence-corrected chi connectivity index (χ2v) is 4.10. The lowest BCUT2D eigenvalue weighted by molar-refractivity contribution is -0.137. The lowest BCUT2D eigenvalue weighted by atomic mass is 9.99. The third kappa shape index (κ3) is 3.30. The smallest absolute Gasteiger partial charge is 0.390 e. The predicted molar refractivity (Wildman–Crippen MR) is 55.4 cm³/mol. The molecule has 102 valence electrons. The highest BCUT2D eigenvalue weighted by atomic mass is 35.5. The van der Waals surface area contributed by atoms with Crippen molar-refractivity contribution in [2.24, 2.45) is 5.73 Å². The molecule has 1 rings (SSSR count). The quantitative estimate of drug-likeness (QED) is 0.840. The van der Waals surface area contributed by atoms with E-state index in [1.54, 1.807) is 0 Å². The molecule has 0 heterocycles. The number of benzene rings is 1. The van der Waals surface area contributed by atoms with Crippen LogP contribution in [0.3, 0.4) is 0 Å². The van der Waals surface area contributed by atoms with Crippen molar-refractivity contribution >= 4 is 11.6 Å². The minimum Gasteiger partial charge on any atom is -0.390 e. The predicted octanol–water partition coefficient (Wildman–Crippen LogP) is 2.99. The van der Waals surface area contributed by atoms with Crippen molar-refractivity contribution < 1.29 is 27.1 Å². The number of hydrogen-bond acceptors (Lipinski definition) is 2. The summed E-state index contributed by atoms with van der Waals surface area (Å²) in [5, 5.41) is 8.08. The first-order valence-electron chi connectivity index (χ1n) is 4.70. The lowest BCUT2D eigenvalue weighted by Gasteiger charge is -2.22. The minimum atomic E-state index is -4.71. The van der Waals surface area contributed by atoms with E-state index < -0.39 is 35.9 Å². The fourth-order valence-electron chi connectivity index (χ4n) is 1.30. The number of rotatable bonds is 3. The zero-order chi connectivity index (χ0) is 14.1. The second-order valence-electron chi connectivity index (χ2n) is 3.67. The van der Waals surface area contributed by atoms with Crippen molar-refractivity contribution in [3.8, 4) is 0 Å². The summed E-state index contributed by atoms with van der Waals surface area (Å²) in [7, 11) is 0. The Hall–Kier alpha value is -0.920. The summed E-state index contributed by atoms with van der Waals surface area (Å²) in [4.78, 5) is 0. The summed E-state index contributed by atoms with van der Waals surface area (Å²) in [5.41, 5.74) is 3.46. The Bertz CT molecular complexity index is 435. The van der Waals surface area contributed by atoms with E-state index in [0.717, 1.165) is 6.07 Å². The molecule has 0 aromatic heterocycles. The number of nitrogens with two attached hydrogens (primary N) is 1. The molecule has 8 heteroatoms. The molecule has 0 spiro atoms. The van der Waals surface area contributed by atoms with Gasteiger partial charge in [-0.15, -0.1) is 0 Å². The van der Waals surface area contributed by atoms with Gasteiger partial charge in [0.25, 0.3) is 5.92 Å². The van der Waals surface area contributed by atoms with Gasteiger partial charge < -0.3 is 10.8 Å². The average molecular weight is 290 g/mol. The molecule has 0 radical (unpaired) electrons. The van der Waals surface area contributed by atoms with Gasteiger partial charge in [-0.2, -0.15) is 13.2 Å². The molecule has 1 atom stereocenters. The molecule has 3 N–H and O–H groups in total. The van der Waals surface area contributed by atoms with Crippen LogP contribution in [0.2, 0.25) is 5.02 Å². The van der Waals surface area contributed by atoms with Crippen LogP contribution in [0.1, 0.15) is 17.2 Å². The summed E-state index contributed by atoms with van der Waals surface area (Å²) in [5.74, 6) is -3.73. The van der Waals surface area contributed by atoms with Gasteiger partial charge in [0, 0.05) is 5.02 Å². The maximum absolute atomic E-state index is 13.1. The van der Waals surface area contributed by atoms with E-state index in [2.05, 4.69) is 0 Å². The Labute approximate surface area is 104 Å². The van der Waals surface area contributed by atoms with Crippen LogP contribution in [0.25, 0.3) is 0 Å². The number of aliphatic hydroxyl groups is 1. The van der Waals surface area contributed by atoms with Gasteiger partial charge in [0.2, 0.25) is 0 Å². The zero-order valence-electron chi connectivity index (χ0n) is 8.81. The van der Waals surface area contributed by atoms with Gasteiger partial charge in [-0.25, -0.2) is 8.78 Å². The molecule has 18 heavy (non-hydrogen) atoms. The maximum atomic E-state index is 13.1. The second kappa shape index (κ2) is 4.99. The molecule has 0 unspecified atom stereocenters. The van der Waals surface area contributed by atoms with Gasteiger partial charge in [-0.3, -0.25) is 0 Å². The van der Waals surface area contributed by atoms with Crippen LogP contribution in [0.4, 0.5) is 22.0 Å². The summed E-state index contributed by atoms with van der Waals surface area (Å²) in [6.07, 6.45) is -4.71. The van der Waals surface area contributed by atoms with Crippen molar-refractivity contribution in [2.45, 2.75) is 18.1 Å². The van der Waals surface area contributed by atoms with Crippen molar-refractivity contribution in [1.82, 2.24) is 0 Å². The Morgan fingerprint density at radius 3 is 2.17 bits per heavy atom. The number of alkyl halides is 5. The average Bonchev–Trinajstić information content (AvgIpc) is 2.26. The molecule has 0 saturated heterocycles. The standard InChI is InChI=1S/C10H9ClF5NO/c11-7-2-5(8(17)9(12,13)4-18)1-6(3-7)10(14,15)16/h1-3,8,18H,4,17H2/t8-/m1/s1. The normalized spacial score (nSPS) is 14.7. The Balaban J connectivity index is 3.23. The highest BCUT2D eigenvalue weighted by Gasteiger charge is 2.39. The summed E-state index contributed by atoms with van der Waals surface area (Å²) < 4.78 is 63.5. The van der Waals surface area contributed by atoms with Crippen molar-refractivity contribution in [3.05, 3.63) is 34.3 Å². The molecular formula is C10H9ClF5NO. The molecule has 0 aliphatic heterocycles. The molecule has 2 nitrogen and oxygen atoms in total. The molecule has 0 saturated carbocycles. The lowest BCUT2D eigenvalue weighted by Crippen LogP contribution is -2.36. The van der Waals surface area contributed by atoms with Crippen molar-refractivity contribution in [1.29, 1.82) is 0 Å². The van der Waals surface area contributed by atoms with Crippen LogP contribution in [0.15, 0.2) is 18.2 Å². The maximum Gasteiger partial charge on any atom is 0.416 e. The molecule has 0 bridgehead atoms. The summed E-state index contributed by atoms with van der Waals surface area (Å²) in [6, 6.07) is -0.0673. The Kier molecular flexibility index (Phi) is 4.19. The number of halogens is 6. The van der Waals surface area contributed by atoms with E-state index in [1.807, 2.05) is 0 Å². The fraction of sp³-hybridized carbons (Fsp3) is 0.400. The van der Waals surface area contributed by atoms with E-state index in [9.17, 15) is 22.0 Å². The van der Waals surface area contributed by atoms with Crippen LogP contribution >= 0.6 is 11.6 Å². The molecule has 0 amide bonds.